The Bertz CT molecular complexity index is 639. The van der Waals surface area contributed by atoms with Crippen molar-refractivity contribution >= 4 is 16.7 Å². The zero-order valence-corrected chi connectivity index (χ0v) is 13.6. The van der Waals surface area contributed by atoms with Crippen molar-refractivity contribution < 1.29 is 4.74 Å². The minimum Gasteiger partial charge on any atom is -0.379 e. The second kappa shape index (κ2) is 5.61. The predicted molar refractivity (Wildman–Crippen MR) is 88.4 cm³/mol. The Hall–Kier alpha value is -1.50. The number of ether oxygens (including phenoxy) is 1. The largest absolute Gasteiger partial charge is 0.379 e. The van der Waals surface area contributed by atoms with E-state index in [1.54, 1.807) is 0 Å². The third kappa shape index (κ3) is 2.41. The maximum absolute atomic E-state index is 5.67. The zero-order chi connectivity index (χ0) is 15.0. The van der Waals surface area contributed by atoms with Gasteiger partial charge in [0.1, 0.15) is 0 Å². The molecule has 0 radical (unpaired) electrons. The lowest BCUT2D eigenvalue weighted by atomic mass is 9.94. The average molecular weight is 316 g/mol. The minimum absolute atomic E-state index is 0.150. The fourth-order valence-electron chi connectivity index (χ4n) is 3.30. The van der Waals surface area contributed by atoms with Crippen LogP contribution in [0.1, 0.15) is 6.42 Å². The van der Waals surface area contributed by atoms with Gasteiger partial charge in [0.05, 0.1) is 12.1 Å². The third-order valence-electron chi connectivity index (χ3n) is 4.80. The van der Waals surface area contributed by atoms with Crippen LogP contribution < -0.4 is 4.90 Å². The van der Waals surface area contributed by atoms with Crippen LogP contribution in [-0.2, 0) is 4.74 Å². The summed E-state index contributed by atoms with van der Waals surface area (Å²) < 4.78 is 10.2. The quantitative estimate of drug-likeness (QED) is 0.849. The van der Waals surface area contributed by atoms with Gasteiger partial charge in [-0.05, 0) is 13.5 Å². The molecule has 1 atom stereocenters. The molecule has 3 heterocycles. The van der Waals surface area contributed by atoms with Crippen molar-refractivity contribution in [1.82, 2.24) is 14.3 Å². The molecular formula is C16H20N4OS. The first-order chi connectivity index (χ1) is 10.8. The number of benzene rings is 1. The Kier molecular flexibility index (Phi) is 3.60. The van der Waals surface area contributed by atoms with Crippen molar-refractivity contribution in [2.75, 3.05) is 44.8 Å². The van der Waals surface area contributed by atoms with E-state index in [1.165, 1.54) is 11.5 Å². The number of hydrogen-bond donors (Lipinski definition) is 0. The molecule has 2 aromatic rings. The molecule has 0 saturated carbocycles. The highest BCUT2D eigenvalue weighted by atomic mass is 32.1. The maximum atomic E-state index is 5.67. The first kappa shape index (κ1) is 14.1. The maximum Gasteiger partial charge on any atom is 0.205 e. The van der Waals surface area contributed by atoms with Gasteiger partial charge < -0.3 is 9.64 Å². The molecule has 1 spiro atoms. The normalized spacial score (nSPS) is 26.0. The van der Waals surface area contributed by atoms with Crippen LogP contribution in [0.2, 0.25) is 0 Å². The van der Waals surface area contributed by atoms with Crippen LogP contribution in [0, 0.1) is 0 Å². The molecule has 2 aliphatic rings. The van der Waals surface area contributed by atoms with Crippen LogP contribution in [0.4, 0.5) is 5.13 Å². The van der Waals surface area contributed by atoms with Crippen molar-refractivity contribution in [1.29, 1.82) is 0 Å². The van der Waals surface area contributed by atoms with Gasteiger partial charge in [0, 0.05) is 43.3 Å². The summed E-state index contributed by atoms with van der Waals surface area (Å²) in [6.45, 7) is 4.71. The fraction of sp³-hybridized carbons (Fsp3) is 0.500. The molecule has 2 fully saturated rings. The van der Waals surface area contributed by atoms with Crippen molar-refractivity contribution in [3.8, 4) is 11.4 Å². The van der Waals surface area contributed by atoms with Gasteiger partial charge in [-0.15, -0.1) is 0 Å². The Morgan fingerprint density at radius 1 is 1.23 bits per heavy atom. The Morgan fingerprint density at radius 3 is 2.86 bits per heavy atom. The summed E-state index contributed by atoms with van der Waals surface area (Å²) in [6.07, 6.45) is 1.10. The lowest BCUT2D eigenvalue weighted by Gasteiger charge is -2.46. The fourth-order valence-corrected chi connectivity index (χ4v) is 4.01. The van der Waals surface area contributed by atoms with E-state index in [-0.39, 0.29) is 5.54 Å². The number of rotatable bonds is 2. The highest BCUT2D eigenvalue weighted by molar-refractivity contribution is 7.09. The first-order valence-electron chi connectivity index (χ1n) is 7.70. The number of nitrogens with zero attached hydrogens (tertiary/aromatic N) is 4. The van der Waals surface area contributed by atoms with Crippen LogP contribution in [0.15, 0.2) is 30.3 Å². The molecule has 0 bridgehead atoms. The van der Waals surface area contributed by atoms with E-state index >= 15 is 0 Å². The molecule has 1 aromatic carbocycles. The van der Waals surface area contributed by atoms with Gasteiger partial charge in [-0.25, -0.2) is 0 Å². The van der Waals surface area contributed by atoms with Crippen LogP contribution in [-0.4, -0.2) is 59.7 Å². The topological polar surface area (TPSA) is 41.5 Å². The molecule has 22 heavy (non-hydrogen) atoms. The highest BCUT2D eigenvalue weighted by Crippen LogP contribution is 2.33. The van der Waals surface area contributed by atoms with Crippen molar-refractivity contribution in [3.05, 3.63) is 30.3 Å². The molecule has 5 nitrogen and oxygen atoms in total. The van der Waals surface area contributed by atoms with Gasteiger partial charge in [0.25, 0.3) is 0 Å². The molecule has 6 heteroatoms. The summed E-state index contributed by atoms with van der Waals surface area (Å²) in [7, 11) is 2.21. The van der Waals surface area contributed by atoms with E-state index in [1.807, 2.05) is 18.2 Å². The highest BCUT2D eigenvalue weighted by Gasteiger charge is 2.43. The van der Waals surface area contributed by atoms with Gasteiger partial charge in [-0.2, -0.15) is 9.36 Å². The third-order valence-corrected chi connectivity index (χ3v) is 5.58. The van der Waals surface area contributed by atoms with E-state index in [9.17, 15) is 0 Å². The first-order valence-corrected chi connectivity index (χ1v) is 8.47. The van der Waals surface area contributed by atoms with Crippen molar-refractivity contribution in [2.24, 2.45) is 0 Å². The summed E-state index contributed by atoms with van der Waals surface area (Å²) in [4.78, 5) is 9.59. The number of piperazine rings is 1. The van der Waals surface area contributed by atoms with Gasteiger partial charge in [0.15, 0.2) is 5.82 Å². The van der Waals surface area contributed by atoms with Gasteiger partial charge in [0.2, 0.25) is 5.13 Å². The lowest BCUT2D eigenvalue weighted by Crippen LogP contribution is -2.61. The molecule has 2 saturated heterocycles. The Morgan fingerprint density at radius 2 is 2.09 bits per heavy atom. The van der Waals surface area contributed by atoms with E-state index < -0.39 is 0 Å². The zero-order valence-electron chi connectivity index (χ0n) is 12.7. The van der Waals surface area contributed by atoms with Crippen molar-refractivity contribution in [2.45, 2.75) is 12.0 Å². The van der Waals surface area contributed by atoms with E-state index in [0.29, 0.717) is 0 Å². The lowest BCUT2D eigenvalue weighted by molar-refractivity contribution is 0.0778. The van der Waals surface area contributed by atoms with Crippen LogP contribution >= 0.6 is 11.5 Å². The summed E-state index contributed by atoms with van der Waals surface area (Å²) in [5.74, 6) is 0.830. The van der Waals surface area contributed by atoms with Gasteiger partial charge in [-0.1, -0.05) is 30.3 Å². The minimum atomic E-state index is 0.150. The standard InChI is InChI=1S/C16H20N4OS/c1-19-8-9-20(11-16(19)7-10-21-12-16)15-17-14(18-22-15)13-5-3-2-4-6-13/h2-6H,7-12H2,1H3. The Labute approximate surface area is 134 Å². The second-order valence-corrected chi connectivity index (χ2v) is 6.87. The SMILES string of the molecule is CN1CCN(c2nc(-c3ccccc3)ns2)CC12CCOC2. The average Bonchev–Trinajstić information content (AvgIpc) is 3.21. The van der Waals surface area contributed by atoms with Gasteiger partial charge in [-0.3, -0.25) is 4.90 Å². The molecule has 0 aliphatic carbocycles. The molecule has 0 N–H and O–H groups in total. The van der Waals surface area contributed by atoms with Crippen LogP contribution in [0.3, 0.4) is 0 Å². The molecule has 0 amide bonds. The number of aromatic nitrogens is 2. The van der Waals surface area contributed by atoms with Gasteiger partial charge >= 0.3 is 0 Å². The van der Waals surface area contributed by atoms with Crippen LogP contribution in [0.5, 0.6) is 0 Å². The Balaban J connectivity index is 1.56. The summed E-state index contributed by atoms with van der Waals surface area (Å²) in [5, 5.41) is 1.03. The van der Waals surface area contributed by atoms with Crippen molar-refractivity contribution in [3.63, 3.8) is 0 Å². The second-order valence-electron chi connectivity index (χ2n) is 6.14. The summed E-state index contributed by atoms with van der Waals surface area (Å²) >= 11 is 1.50. The molecular weight excluding hydrogens is 296 g/mol. The van der Waals surface area contributed by atoms with Crippen LogP contribution in [0.25, 0.3) is 11.4 Å². The number of hydrogen-bond acceptors (Lipinski definition) is 6. The predicted octanol–water partition coefficient (Wildman–Crippen LogP) is 2.12. The smallest absolute Gasteiger partial charge is 0.205 e. The number of anilines is 1. The van der Waals surface area contributed by atoms with E-state index in [0.717, 1.165) is 55.8 Å². The molecule has 116 valence electrons. The monoisotopic (exact) mass is 316 g/mol. The molecule has 4 rings (SSSR count). The van der Waals surface area contributed by atoms with E-state index in [4.69, 9.17) is 9.72 Å². The van der Waals surface area contributed by atoms with E-state index in [2.05, 4.69) is 33.4 Å². The summed E-state index contributed by atoms with van der Waals surface area (Å²) in [6, 6.07) is 10.2. The molecule has 2 aliphatic heterocycles. The summed E-state index contributed by atoms with van der Waals surface area (Å²) in [5.41, 5.74) is 1.23. The molecule has 1 unspecified atom stereocenters. The number of likely N-dealkylation sites (N-methyl/N-ethyl adjacent to an activating group) is 1. The molecule has 1 aromatic heterocycles.